The van der Waals surface area contributed by atoms with Crippen LogP contribution in [0.25, 0.3) is 0 Å². The summed E-state index contributed by atoms with van der Waals surface area (Å²) in [5.41, 5.74) is 0. The Kier molecular flexibility index (Phi) is 3.15. The summed E-state index contributed by atoms with van der Waals surface area (Å²) in [4.78, 5) is 3.79. The largest absolute Gasteiger partial charge is 0.481 e. The minimum Gasteiger partial charge on any atom is -0.481 e. The van der Waals surface area contributed by atoms with Gasteiger partial charge in [-0.15, -0.1) is 0 Å². The summed E-state index contributed by atoms with van der Waals surface area (Å²) < 4.78 is 26.9. The number of ether oxygens (including phenoxy) is 1. The lowest BCUT2D eigenvalue weighted by Gasteiger charge is -2.01. The third-order valence-electron chi connectivity index (χ3n) is 1.23. The van der Waals surface area contributed by atoms with Crippen LogP contribution in [-0.4, -0.2) is 20.5 Å². The maximum absolute atomic E-state index is 10.9. The highest BCUT2D eigenvalue weighted by Crippen LogP contribution is 2.22. The van der Waals surface area contributed by atoms with Crippen molar-refractivity contribution in [1.82, 2.24) is 4.98 Å². The van der Waals surface area contributed by atoms with Gasteiger partial charge in [0.15, 0.2) is 0 Å². The van der Waals surface area contributed by atoms with Crippen LogP contribution in [0.5, 0.6) is 5.88 Å². The van der Waals surface area contributed by atoms with E-state index >= 15 is 0 Å². The number of halogens is 2. The molecular formula is C6H5BrClNO3S. The molecule has 0 saturated carbocycles. The van der Waals surface area contributed by atoms with Crippen molar-refractivity contribution < 1.29 is 13.2 Å². The normalized spacial score (nSPS) is 11.3. The highest BCUT2D eigenvalue weighted by atomic mass is 79.9. The van der Waals surface area contributed by atoms with Crippen molar-refractivity contribution in [3.63, 3.8) is 0 Å². The summed E-state index contributed by atoms with van der Waals surface area (Å²) in [7, 11) is 2.78. The van der Waals surface area contributed by atoms with Crippen LogP contribution >= 0.6 is 26.6 Å². The Hall–Kier alpha value is -0.330. The molecule has 13 heavy (non-hydrogen) atoms. The van der Waals surface area contributed by atoms with E-state index in [0.29, 0.717) is 4.60 Å². The van der Waals surface area contributed by atoms with Crippen molar-refractivity contribution in [2.45, 2.75) is 4.90 Å². The average molecular weight is 287 g/mol. The van der Waals surface area contributed by atoms with Gasteiger partial charge in [-0.1, -0.05) is 0 Å². The van der Waals surface area contributed by atoms with Crippen LogP contribution in [0, 0.1) is 0 Å². The molecule has 72 valence electrons. The summed E-state index contributed by atoms with van der Waals surface area (Å²) in [6.07, 6.45) is 0. The van der Waals surface area contributed by atoms with Gasteiger partial charge in [-0.25, -0.2) is 13.4 Å². The Morgan fingerprint density at radius 1 is 1.54 bits per heavy atom. The zero-order valence-corrected chi connectivity index (χ0v) is 9.65. The van der Waals surface area contributed by atoms with Crippen LogP contribution in [0.2, 0.25) is 0 Å². The SMILES string of the molecule is COc1cc(S(=O)(=O)Cl)cc(Br)n1. The topological polar surface area (TPSA) is 56.3 Å². The second-order valence-electron chi connectivity index (χ2n) is 2.11. The van der Waals surface area contributed by atoms with Crippen molar-refractivity contribution in [2.75, 3.05) is 7.11 Å². The lowest BCUT2D eigenvalue weighted by molar-refractivity contribution is 0.395. The predicted octanol–water partition coefficient (Wildman–Crippen LogP) is 1.78. The summed E-state index contributed by atoms with van der Waals surface area (Å²) in [5, 5.41) is 0. The lowest BCUT2D eigenvalue weighted by atomic mass is 10.5. The van der Waals surface area contributed by atoms with Gasteiger partial charge >= 0.3 is 0 Å². The highest BCUT2D eigenvalue weighted by Gasteiger charge is 2.12. The molecule has 1 rings (SSSR count). The van der Waals surface area contributed by atoms with Crippen molar-refractivity contribution >= 4 is 35.7 Å². The van der Waals surface area contributed by atoms with E-state index in [9.17, 15) is 8.42 Å². The first-order valence-electron chi connectivity index (χ1n) is 3.10. The van der Waals surface area contributed by atoms with E-state index in [-0.39, 0.29) is 10.8 Å². The molecule has 0 amide bonds. The molecule has 0 saturated heterocycles. The van der Waals surface area contributed by atoms with E-state index in [1.807, 2.05) is 0 Å². The van der Waals surface area contributed by atoms with E-state index < -0.39 is 9.05 Å². The maximum Gasteiger partial charge on any atom is 0.261 e. The van der Waals surface area contributed by atoms with Crippen LogP contribution in [0.3, 0.4) is 0 Å². The molecule has 0 aliphatic carbocycles. The van der Waals surface area contributed by atoms with Crippen molar-refractivity contribution in [3.05, 3.63) is 16.7 Å². The molecule has 0 aliphatic rings. The number of hydrogen-bond acceptors (Lipinski definition) is 4. The Labute approximate surface area is 88.4 Å². The van der Waals surface area contributed by atoms with Gasteiger partial charge in [0.2, 0.25) is 5.88 Å². The monoisotopic (exact) mass is 285 g/mol. The van der Waals surface area contributed by atoms with Crippen LogP contribution in [-0.2, 0) is 9.05 Å². The molecule has 0 N–H and O–H groups in total. The Morgan fingerprint density at radius 3 is 2.62 bits per heavy atom. The van der Waals surface area contributed by atoms with Gasteiger partial charge in [-0.2, -0.15) is 0 Å². The third-order valence-corrected chi connectivity index (χ3v) is 2.97. The van der Waals surface area contributed by atoms with Crippen LogP contribution in [0.4, 0.5) is 0 Å². The number of hydrogen-bond donors (Lipinski definition) is 0. The molecule has 4 nitrogen and oxygen atoms in total. The minimum absolute atomic E-state index is 0.0482. The first-order chi connectivity index (χ1) is 5.93. The summed E-state index contributed by atoms with van der Waals surface area (Å²) in [5.74, 6) is 0.189. The molecule has 0 spiro atoms. The van der Waals surface area contributed by atoms with Gasteiger partial charge < -0.3 is 4.74 Å². The molecule has 0 aliphatic heterocycles. The smallest absolute Gasteiger partial charge is 0.261 e. The zero-order valence-electron chi connectivity index (χ0n) is 6.49. The molecule has 1 aromatic rings. The van der Waals surface area contributed by atoms with Crippen molar-refractivity contribution in [2.24, 2.45) is 0 Å². The molecule has 1 heterocycles. The van der Waals surface area contributed by atoms with Crippen molar-refractivity contribution in [1.29, 1.82) is 0 Å². The number of aromatic nitrogens is 1. The standard InChI is InChI=1S/C6H5BrClNO3S/c1-12-6-3-4(13(8,10)11)2-5(7)9-6/h2-3H,1H3. The molecular weight excluding hydrogens is 281 g/mol. The molecule has 1 aromatic heterocycles. The molecule has 7 heteroatoms. The average Bonchev–Trinajstić information content (AvgIpc) is 2.01. The second kappa shape index (κ2) is 3.81. The zero-order chi connectivity index (χ0) is 10.1. The lowest BCUT2D eigenvalue weighted by Crippen LogP contribution is -1.95. The van der Waals surface area contributed by atoms with Crippen LogP contribution < -0.4 is 4.74 Å². The van der Waals surface area contributed by atoms with E-state index in [4.69, 9.17) is 15.4 Å². The molecule has 0 fully saturated rings. The fraction of sp³-hybridized carbons (Fsp3) is 0.167. The Balaban J connectivity index is 3.33. The van der Waals surface area contributed by atoms with Gasteiger partial charge in [-0.05, 0) is 22.0 Å². The maximum atomic E-state index is 10.9. The van der Waals surface area contributed by atoms with Gasteiger partial charge in [0, 0.05) is 16.7 Å². The van der Waals surface area contributed by atoms with Gasteiger partial charge in [0.25, 0.3) is 9.05 Å². The molecule has 0 radical (unpaired) electrons. The number of rotatable bonds is 2. The van der Waals surface area contributed by atoms with Gasteiger partial charge in [-0.3, -0.25) is 0 Å². The van der Waals surface area contributed by atoms with Gasteiger partial charge in [0.1, 0.15) is 4.60 Å². The summed E-state index contributed by atoms with van der Waals surface area (Å²) >= 11 is 3.03. The van der Waals surface area contributed by atoms with E-state index in [2.05, 4.69) is 20.9 Å². The van der Waals surface area contributed by atoms with E-state index in [1.54, 1.807) is 0 Å². The molecule has 0 unspecified atom stereocenters. The number of pyridine rings is 1. The molecule has 0 aromatic carbocycles. The van der Waals surface area contributed by atoms with Crippen LogP contribution in [0.15, 0.2) is 21.6 Å². The van der Waals surface area contributed by atoms with Crippen LogP contribution in [0.1, 0.15) is 0 Å². The predicted molar refractivity (Wildman–Crippen MR) is 51.5 cm³/mol. The first-order valence-corrected chi connectivity index (χ1v) is 6.20. The van der Waals surface area contributed by atoms with Gasteiger partial charge in [0.05, 0.1) is 12.0 Å². The van der Waals surface area contributed by atoms with Crippen molar-refractivity contribution in [3.8, 4) is 5.88 Å². The Morgan fingerprint density at radius 2 is 2.15 bits per heavy atom. The first kappa shape index (κ1) is 10.7. The second-order valence-corrected chi connectivity index (χ2v) is 5.48. The molecule has 0 bridgehead atoms. The quantitative estimate of drug-likeness (QED) is 0.614. The highest BCUT2D eigenvalue weighted by molar-refractivity contribution is 9.10. The van der Waals surface area contributed by atoms with E-state index in [0.717, 1.165) is 0 Å². The molecule has 0 atom stereocenters. The fourth-order valence-electron chi connectivity index (χ4n) is 0.696. The minimum atomic E-state index is -3.74. The Bertz CT molecular complexity index is 420. The summed E-state index contributed by atoms with van der Waals surface area (Å²) in [6, 6.07) is 2.54. The fourth-order valence-corrected chi connectivity index (χ4v) is 2.03. The number of methoxy groups -OCH3 is 1. The third kappa shape index (κ3) is 2.82. The van der Waals surface area contributed by atoms with E-state index in [1.165, 1.54) is 19.2 Å². The number of nitrogens with zero attached hydrogens (tertiary/aromatic N) is 1. The summed E-state index contributed by atoms with van der Waals surface area (Å²) in [6.45, 7) is 0.